The van der Waals surface area contributed by atoms with E-state index in [-0.39, 0.29) is 16.8 Å². The summed E-state index contributed by atoms with van der Waals surface area (Å²) in [5.41, 5.74) is 0.369. The molecule has 142 valence electrons. The lowest BCUT2D eigenvalue weighted by Gasteiger charge is -2.16. The van der Waals surface area contributed by atoms with Crippen LogP contribution in [0.25, 0.3) is 0 Å². The van der Waals surface area contributed by atoms with Crippen molar-refractivity contribution < 1.29 is 28.6 Å². The number of hydrogen-bond donors (Lipinski definition) is 1. The average Bonchev–Trinajstić information content (AvgIpc) is 2.66. The average molecular weight is 392 g/mol. The highest BCUT2D eigenvalue weighted by molar-refractivity contribution is 6.30. The van der Waals surface area contributed by atoms with Gasteiger partial charge in [0, 0.05) is 5.02 Å². The summed E-state index contributed by atoms with van der Waals surface area (Å²) >= 11 is 5.89. The Labute approximate surface area is 161 Å². The fourth-order valence-corrected chi connectivity index (χ4v) is 2.39. The summed E-state index contributed by atoms with van der Waals surface area (Å²) in [4.78, 5) is 36.1. The first-order valence-electron chi connectivity index (χ1n) is 7.89. The van der Waals surface area contributed by atoms with Crippen molar-refractivity contribution in [1.82, 2.24) is 0 Å². The van der Waals surface area contributed by atoms with E-state index in [0.717, 1.165) is 0 Å². The molecule has 7 nitrogen and oxygen atoms in total. The molecule has 0 bridgehead atoms. The molecule has 8 heteroatoms. The van der Waals surface area contributed by atoms with Crippen LogP contribution in [0.4, 0.5) is 5.69 Å². The van der Waals surface area contributed by atoms with Crippen LogP contribution in [0.3, 0.4) is 0 Å². The van der Waals surface area contributed by atoms with Gasteiger partial charge in [-0.25, -0.2) is 9.59 Å². The Bertz CT molecular complexity index is 867. The molecule has 2 aromatic carbocycles. The number of anilines is 1. The van der Waals surface area contributed by atoms with Gasteiger partial charge >= 0.3 is 11.9 Å². The fraction of sp³-hybridized carbons (Fsp3) is 0.211. The van der Waals surface area contributed by atoms with E-state index in [2.05, 4.69) is 10.1 Å². The van der Waals surface area contributed by atoms with Gasteiger partial charge in [0.1, 0.15) is 5.75 Å². The second-order valence-electron chi connectivity index (χ2n) is 5.45. The normalized spacial score (nSPS) is 11.3. The summed E-state index contributed by atoms with van der Waals surface area (Å²) in [5, 5.41) is 3.05. The van der Waals surface area contributed by atoms with Gasteiger partial charge in [0.2, 0.25) is 0 Å². The van der Waals surface area contributed by atoms with Crippen LogP contribution in [0.2, 0.25) is 5.02 Å². The number of carbonyl (C=O) groups excluding carboxylic acids is 3. The van der Waals surface area contributed by atoms with Crippen LogP contribution in [-0.4, -0.2) is 38.2 Å². The maximum absolute atomic E-state index is 12.5. The van der Waals surface area contributed by atoms with Crippen molar-refractivity contribution in [1.29, 1.82) is 0 Å². The lowest BCUT2D eigenvalue weighted by Crippen LogP contribution is -2.31. The molecule has 1 amide bonds. The van der Waals surface area contributed by atoms with Gasteiger partial charge in [0.25, 0.3) is 5.91 Å². The number of nitrogens with one attached hydrogen (secondary N) is 1. The Morgan fingerprint density at radius 1 is 1.00 bits per heavy atom. The fourth-order valence-electron chi connectivity index (χ4n) is 2.21. The van der Waals surface area contributed by atoms with E-state index in [4.69, 9.17) is 21.1 Å². The smallest absolute Gasteiger partial charge is 0.339 e. The molecule has 1 N–H and O–H groups in total. The molecule has 27 heavy (non-hydrogen) atoms. The quantitative estimate of drug-likeness (QED) is 0.759. The maximum atomic E-state index is 12.5. The number of halogens is 1. The maximum Gasteiger partial charge on any atom is 0.339 e. The van der Waals surface area contributed by atoms with Crippen LogP contribution in [-0.2, 0) is 14.3 Å². The highest BCUT2D eigenvalue weighted by Crippen LogP contribution is 2.22. The molecule has 0 spiro atoms. The number of hydrogen-bond acceptors (Lipinski definition) is 6. The Hall–Kier alpha value is -3.06. The van der Waals surface area contributed by atoms with Gasteiger partial charge in [0.05, 0.1) is 31.0 Å². The van der Waals surface area contributed by atoms with Gasteiger partial charge in [0.15, 0.2) is 6.10 Å². The van der Waals surface area contributed by atoms with Gasteiger partial charge in [-0.2, -0.15) is 0 Å². The molecule has 0 aliphatic heterocycles. The SMILES string of the molecule is COC(=O)c1ccc(C(=O)OC)c(NC(=O)[C@@H](C)Oc2cccc(Cl)c2)c1. The van der Waals surface area contributed by atoms with Crippen LogP contribution in [0.5, 0.6) is 5.75 Å². The van der Waals surface area contributed by atoms with Crippen molar-refractivity contribution in [2.45, 2.75) is 13.0 Å². The van der Waals surface area contributed by atoms with Crippen LogP contribution < -0.4 is 10.1 Å². The zero-order valence-electron chi connectivity index (χ0n) is 14.9. The van der Waals surface area contributed by atoms with E-state index in [1.54, 1.807) is 24.3 Å². The number of rotatable bonds is 6. The molecule has 0 saturated carbocycles. The lowest BCUT2D eigenvalue weighted by atomic mass is 10.1. The zero-order chi connectivity index (χ0) is 20.0. The first-order valence-corrected chi connectivity index (χ1v) is 8.27. The Balaban J connectivity index is 2.23. The van der Waals surface area contributed by atoms with E-state index in [9.17, 15) is 14.4 Å². The molecule has 0 aliphatic carbocycles. The molecule has 0 aromatic heterocycles. The number of esters is 2. The Kier molecular flexibility index (Phi) is 6.79. The monoisotopic (exact) mass is 391 g/mol. The Morgan fingerprint density at radius 2 is 1.70 bits per heavy atom. The summed E-state index contributed by atoms with van der Waals surface area (Å²) in [7, 11) is 2.45. The summed E-state index contributed by atoms with van der Waals surface area (Å²) in [5.74, 6) is -1.38. The number of benzene rings is 2. The minimum atomic E-state index is -0.893. The number of ether oxygens (including phenoxy) is 3. The van der Waals surface area contributed by atoms with Gasteiger partial charge < -0.3 is 19.5 Å². The van der Waals surface area contributed by atoms with Gasteiger partial charge in [-0.05, 0) is 43.3 Å². The van der Waals surface area contributed by atoms with Gasteiger partial charge in [-0.3, -0.25) is 4.79 Å². The van der Waals surface area contributed by atoms with Crippen LogP contribution in [0.15, 0.2) is 42.5 Å². The lowest BCUT2D eigenvalue weighted by molar-refractivity contribution is -0.122. The van der Waals surface area contributed by atoms with Crippen LogP contribution in [0.1, 0.15) is 27.6 Å². The van der Waals surface area contributed by atoms with Gasteiger partial charge in [-0.1, -0.05) is 17.7 Å². The van der Waals surface area contributed by atoms with Crippen molar-refractivity contribution >= 4 is 35.1 Å². The van der Waals surface area contributed by atoms with E-state index < -0.39 is 23.9 Å². The first-order chi connectivity index (χ1) is 12.8. The molecule has 0 saturated heterocycles. The van der Waals surface area contributed by atoms with Crippen molar-refractivity contribution in [3.8, 4) is 5.75 Å². The first kappa shape index (κ1) is 20.3. The summed E-state index contributed by atoms with van der Waals surface area (Å²) < 4.78 is 14.9. The molecular formula is C19H18ClNO6. The standard InChI is InChI=1S/C19H18ClNO6/c1-11(27-14-6-4-5-13(20)10-14)17(22)21-16-9-12(18(23)25-2)7-8-15(16)19(24)26-3/h4-11H,1-3H3,(H,21,22)/t11-/m1/s1. The Morgan fingerprint density at radius 3 is 2.33 bits per heavy atom. The largest absolute Gasteiger partial charge is 0.481 e. The zero-order valence-corrected chi connectivity index (χ0v) is 15.7. The highest BCUT2D eigenvalue weighted by atomic mass is 35.5. The van der Waals surface area contributed by atoms with E-state index >= 15 is 0 Å². The minimum absolute atomic E-state index is 0.0912. The molecule has 0 radical (unpaired) electrons. The third kappa shape index (κ3) is 5.21. The second kappa shape index (κ2) is 9.05. The van der Waals surface area contributed by atoms with E-state index in [1.165, 1.54) is 39.3 Å². The van der Waals surface area contributed by atoms with Crippen LogP contribution >= 0.6 is 11.6 Å². The minimum Gasteiger partial charge on any atom is -0.481 e. The molecule has 0 aliphatic rings. The molecular weight excluding hydrogens is 374 g/mol. The number of amides is 1. The third-order valence-electron chi connectivity index (χ3n) is 3.58. The van der Waals surface area contributed by atoms with Crippen LogP contribution in [0, 0.1) is 0 Å². The number of methoxy groups -OCH3 is 2. The predicted octanol–water partition coefficient (Wildman–Crippen LogP) is 3.32. The third-order valence-corrected chi connectivity index (χ3v) is 3.82. The topological polar surface area (TPSA) is 90.9 Å². The molecule has 2 rings (SSSR count). The highest BCUT2D eigenvalue weighted by Gasteiger charge is 2.21. The molecule has 0 fully saturated rings. The van der Waals surface area contributed by atoms with Gasteiger partial charge in [-0.15, -0.1) is 0 Å². The van der Waals surface area contributed by atoms with Crippen molar-refractivity contribution in [3.63, 3.8) is 0 Å². The summed E-state index contributed by atoms with van der Waals surface area (Å²) in [6.07, 6.45) is -0.893. The van der Waals surface area contributed by atoms with E-state index in [1.807, 2.05) is 0 Å². The summed E-state index contributed by atoms with van der Waals surface area (Å²) in [6.45, 7) is 1.54. The molecule has 0 heterocycles. The van der Waals surface area contributed by atoms with Crippen molar-refractivity contribution in [2.75, 3.05) is 19.5 Å². The molecule has 0 unspecified atom stereocenters. The van der Waals surface area contributed by atoms with E-state index in [0.29, 0.717) is 10.8 Å². The molecule has 2 aromatic rings. The summed E-state index contributed by atoms with van der Waals surface area (Å²) in [6, 6.07) is 10.7. The number of carbonyl (C=O) groups is 3. The second-order valence-corrected chi connectivity index (χ2v) is 5.89. The predicted molar refractivity (Wildman–Crippen MR) is 99.3 cm³/mol. The van der Waals surface area contributed by atoms with Crippen molar-refractivity contribution in [3.05, 3.63) is 58.6 Å². The molecule has 1 atom stereocenters. The van der Waals surface area contributed by atoms with Crippen molar-refractivity contribution in [2.24, 2.45) is 0 Å².